The standard InChI is InChI=1S/C21H28N2O3/c1-5-23(6-2)21(24)26-20-9-7-18(8-10-20)14-25-15-22-19-12-16(3)11-17(4)13-19/h7-13,22H,5-6,14-15H2,1-4H3. The van der Waals surface area contributed by atoms with Gasteiger partial charge in [0.1, 0.15) is 12.5 Å². The van der Waals surface area contributed by atoms with Gasteiger partial charge in [0.05, 0.1) is 6.61 Å². The van der Waals surface area contributed by atoms with E-state index in [9.17, 15) is 4.79 Å². The smallest absolute Gasteiger partial charge is 0.410 e. The molecule has 0 atom stereocenters. The normalized spacial score (nSPS) is 10.5. The molecule has 0 spiro atoms. The average Bonchev–Trinajstić information content (AvgIpc) is 2.60. The third-order valence-corrected chi connectivity index (χ3v) is 4.02. The predicted octanol–water partition coefficient (Wildman–Crippen LogP) is 4.73. The van der Waals surface area contributed by atoms with Gasteiger partial charge in [-0.25, -0.2) is 4.79 Å². The summed E-state index contributed by atoms with van der Waals surface area (Å²) in [6, 6.07) is 13.7. The Bertz CT molecular complexity index is 689. The fourth-order valence-electron chi connectivity index (χ4n) is 2.68. The molecule has 0 heterocycles. The summed E-state index contributed by atoms with van der Waals surface area (Å²) in [4.78, 5) is 13.6. The maximum absolute atomic E-state index is 11.9. The lowest BCUT2D eigenvalue weighted by molar-refractivity contribution is 0.138. The van der Waals surface area contributed by atoms with Gasteiger partial charge >= 0.3 is 6.09 Å². The van der Waals surface area contributed by atoms with Crippen molar-refractivity contribution in [2.75, 3.05) is 25.1 Å². The van der Waals surface area contributed by atoms with Gasteiger partial charge in [0.15, 0.2) is 0 Å². The van der Waals surface area contributed by atoms with Crippen LogP contribution in [-0.2, 0) is 11.3 Å². The summed E-state index contributed by atoms with van der Waals surface area (Å²) in [5, 5.41) is 3.26. The first kappa shape index (κ1) is 19.8. The van der Waals surface area contributed by atoms with Crippen molar-refractivity contribution in [2.24, 2.45) is 0 Å². The first-order chi connectivity index (χ1) is 12.5. The first-order valence-electron chi connectivity index (χ1n) is 8.97. The predicted molar refractivity (Wildman–Crippen MR) is 105 cm³/mol. The molecule has 0 aromatic heterocycles. The van der Waals surface area contributed by atoms with Crippen molar-refractivity contribution in [3.05, 3.63) is 59.2 Å². The van der Waals surface area contributed by atoms with Crippen LogP contribution in [0.4, 0.5) is 10.5 Å². The maximum Gasteiger partial charge on any atom is 0.415 e. The zero-order valence-electron chi connectivity index (χ0n) is 16.0. The van der Waals surface area contributed by atoms with E-state index < -0.39 is 0 Å². The van der Waals surface area contributed by atoms with Crippen molar-refractivity contribution in [1.82, 2.24) is 4.90 Å². The van der Waals surface area contributed by atoms with E-state index in [0.717, 1.165) is 11.3 Å². The number of rotatable bonds is 8. The summed E-state index contributed by atoms with van der Waals surface area (Å²) in [7, 11) is 0. The van der Waals surface area contributed by atoms with Crippen molar-refractivity contribution in [1.29, 1.82) is 0 Å². The molecule has 1 amide bonds. The molecule has 0 radical (unpaired) electrons. The second kappa shape index (κ2) is 9.82. The number of nitrogens with zero attached hydrogens (tertiary/aromatic N) is 1. The number of amides is 1. The number of ether oxygens (including phenoxy) is 2. The molecule has 0 aliphatic heterocycles. The second-order valence-corrected chi connectivity index (χ2v) is 6.23. The molecular weight excluding hydrogens is 328 g/mol. The van der Waals surface area contributed by atoms with E-state index in [0.29, 0.717) is 32.2 Å². The van der Waals surface area contributed by atoms with Crippen LogP contribution in [0.1, 0.15) is 30.5 Å². The summed E-state index contributed by atoms with van der Waals surface area (Å²) in [5.74, 6) is 0.541. The number of hydrogen-bond acceptors (Lipinski definition) is 4. The molecular formula is C21H28N2O3. The molecule has 140 valence electrons. The zero-order valence-corrected chi connectivity index (χ0v) is 16.0. The molecule has 0 bridgehead atoms. The van der Waals surface area contributed by atoms with Crippen LogP contribution < -0.4 is 10.1 Å². The Balaban J connectivity index is 1.77. The molecule has 0 saturated carbocycles. The molecule has 2 aromatic rings. The zero-order chi connectivity index (χ0) is 18.9. The molecule has 26 heavy (non-hydrogen) atoms. The fraction of sp³-hybridized carbons (Fsp3) is 0.381. The van der Waals surface area contributed by atoms with Gasteiger partial charge in [0, 0.05) is 18.8 Å². The van der Waals surface area contributed by atoms with Crippen LogP contribution in [0.15, 0.2) is 42.5 Å². The Morgan fingerprint density at radius 1 is 1.00 bits per heavy atom. The fourth-order valence-corrected chi connectivity index (χ4v) is 2.68. The van der Waals surface area contributed by atoms with E-state index in [4.69, 9.17) is 9.47 Å². The number of anilines is 1. The lowest BCUT2D eigenvalue weighted by atomic mass is 10.1. The molecule has 2 rings (SSSR count). The number of hydrogen-bond donors (Lipinski definition) is 1. The largest absolute Gasteiger partial charge is 0.415 e. The number of benzene rings is 2. The van der Waals surface area contributed by atoms with Crippen LogP contribution in [0.3, 0.4) is 0 Å². The molecule has 1 N–H and O–H groups in total. The summed E-state index contributed by atoms with van der Waals surface area (Å²) in [5.41, 5.74) is 4.53. The van der Waals surface area contributed by atoms with E-state index in [1.54, 1.807) is 17.0 Å². The van der Waals surface area contributed by atoms with Crippen LogP contribution in [0.2, 0.25) is 0 Å². The summed E-state index contributed by atoms with van der Waals surface area (Å²) < 4.78 is 11.0. The SMILES string of the molecule is CCN(CC)C(=O)Oc1ccc(COCNc2cc(C)cc(C)c2)cc1. The molecule has 5 heteroatoms. The summed E-state index contributed by atoms with van der Waals surface area (Å²) in [6.45, 7) is 10.2. The first-order valence-corrected chi connectivity index (χ1v) is 8.97. The van der Waals surface area contributed by atoms with E-state index in [2.05, 4.69) is 37.4 Å². The van der Waals surface area contributed by atoms with Crippen LogP contribution in [0.5, 0.6) is 5.75 Å². The lowest BCUT2D eigenvalue weighted by Crippen LogP contribution is -2.33. The maximum atomic E-state index is 11.9. The van der Waals surface area contributed by atoms with E-state index in [1.807, 2.05) is 26.0 Å². The molecule has 0 fully saturated rings. The highest BCUT2D eigenvalue weighted by Gasteiger charge is 2.11. The second-order valence-electron chi connectivity index (χ2n) is 6.23. The summed E-state index contributed by atoms with van der Waals surface area (Å²) in [6.07, 6.45) is -0.323. The van der Waals surface area contributed by atoms with Gasteiger partial charge in [-0.05, 0) is 68.7 Å². The van der Waals surface area contributed by atoms with Crippen molar-refractivity contribution in [3.63, 3.8) is 0 Å². The number of carbonyl (C=O) groups is 1. The minimum atomic E-state index is -0.323. The highest BCUT2D eigenvalue weighted by molar-refractivity contribution is 5.70. The number of carbonyl (C=O) groups excluding carboxylic acids is 1. The minimum absolute atomic E-state index is 0.323. The third-order valence-electron chi connectivity index (χ3n) is 4.02. The number of nitrogens with one attached hydrogen (secondary N) is 1. The molecule has 2 aromatic carbocycles. The van der Waals surface area contributed by atoms with Crippen LogP contribution in [-0.4, -0.2) is 30.8 Å². The van der Waals surface area contributed by atoms with Gasteiger partial charge in [-0.1, -0.05) is 18.2 Å². The topological polar surface area (TPSA) is 50.8 Å². The van der Waals surface area contributed by atoms with Crippen molar-refractivity contribution in [2.45, 2.75) is 34.3 Å². The molecule has 0 aliphatic carbocycles. The van der Waals surface area contributed by atoms with E-state index in [1.165, 1.54) is 11.1 Å². The minimum Gasteiger partial charge on any atom is -0.410 e. The van der Waals surface area contributed by atoms with Gasteiger partial charge < -0.3 is 19.7 Å². The Hall–Kier alpha value is -2.53. The lowest BCUT2D eigenvalue weighted by Gasteiger charge is -2.17. The monoisotopic (exact) mass is 356 g/mol. The third kappa shape index (κ3) is 6.08. The Labute approximate surface area is 155 Å². The Morgan fingerprint density at radius 2 is 1.62 bits per heavy atom. The molecule has 0 unspecified atom stereocenters. The van der Waals surface area contributed by atoms with Gasteiger partial charge in [-0.2, -0.15) is 0 Å². The molecule has 5 nitrogen and oxygen atoms in total. The number of aryl methyl sites for hydroxylation is 2. The Kier molecular flexibility index (Phi) is 7.48. The van der Waals surface area contributed by atoms with E-state index in [-0.39, 0.29) is 6.09 Å². The van der Waals surface area contributed by atoms with Crippen molar-refractivity contribution < 1.29 is 14.3 Å². The molecule has 0 saturated heterocycles. The average molecular weight is 356 g/mol. The van der Waals surface area contributed by atoms with Crippen molar-refractivity contribution in [3.8, 4) is 5.75 Å². The summed E-state index contributed by atoms with van der Waals surface area (Å²) >= 11 is 0. The van der Waals surface area contributed by atoms with Gasteiger partial charge in [0.2, 0.25) is 0 Å². The quantitative estimate of drug-likeness (QED) is 0.549. The van der Waals surface area contributed by atoms with E-state index >= 15 is 0 Å². The van der Waals surface area contributed by atoms with Crippen LogP contribution >= 0.6 is 0 Å². The Morgan fingerprint density at radius 3 is 2.19 bits per heavy atom. The van der Waals surface area contributed by atoms with Crippen molar-refractivity contribution >= 4 is 11.8 Å². The molecule has 0 aliphatic rings. The van der Waals surface area contributed by atoms with Crippen LogP contribution in [0, 0.1) is 13.8 Å². The van der Waals surface area contributed by atoms with Crippen LogP contribution in [0.25, 0.3) is 0 Å². The van der Waals surface area contributed by atoms with Gasteiger partial charge in [0.25, 0.3) is 0 Å². The van der Waals surface area contributed by atoms with Gasteiger partial charge in [-0.3, -0.25) is 0 Å². The highest BCUT2D eigenvalue weighted by Crippen LogP contribution is 2.15. The highest BCUT2D eigenvalue weighted by atomic mass is 16.6. The van der Waals surface area contributed by atoms with Gasteiger partial charge in [-0.15, -0.1) is 0 Å².